The Morgan fingerprint density at radius 2 is 1.94 bits per heavy atom. The molecular weight excluding hydrogens is 469 g/mol. The van der Waals surface area contributed by atoms with Gasteiger partial charge in [0.05, 0.1) is 21.8 Å². The van der Waals surface area contributed by atoms with Crippen LogP contribution in [0.2, 0.25) is 10.0 Å². The van der Waals surface area contributed by atoms with Crippen molar-refractivity contribution in [1.29, 1.82) is 0 Å². The van der Waals surface area contributed by atoms with Crippen LogP contribution in [0, 0.1) is 17.6 Å². The molecule has 4 aromatic rings. The third-order valence-electron chi connectivity index (χ3n) is 5.73. The highest BCUT2D eigenvalue weighted by atomic mass is 35.5. The third kappa shape index (κ3) is 4.51. The van der Waals surface area contributed by atoms with Crippen molar-refractivity contribution in [3.05, 3.63) is 69.8 Å². The Bertz CT molecular complexity index is 1300. The van der Waals surface area contributed by atoms with Crippen LogP contribution in [-0.2, 0) is 13.1 Å². The van der Waals surface area contributed by atoms with Gasteiger partial charge in [0.2, 0.25) is 5.95 Å². The summed E-state index contributed by atoms with van der Waals surface area (Å²) in [6.07, 6.45) is 2.65. The average Bonchev–Trinajstić information content (AvgIpc) is 3.42. The number of halogens is 4. The lowest BCUT2D eigenvalue weighted by Gasteiger charge is -2.15. The molecule has 0 saturated carbocycles. The van der Waals surface area contributed by atoms with Gasteiger partial charge in [0, 0.05) is 24.7 Å². The van der Waals surface area contributed by atoms with Crippen LogP contribution >= 0.6 is 23.2 Å². The van der Waals surface area contributed by atoms with E-state index < -0.39 is 11.6 Å². The molecular formula is C23H20Cl2F2N6. The maximum absolute atomic E-state index is 14.0. The molecule has 0 bridgehead atoms. The van der Waals surface area contributed by atoms with Gasteiger partial charge in [0.1, 0.15) is 23.0 Å². The fraction of sp³-hybridized carbons (Fsp3) is 0.261. The number of hydrogen-bond donors (Lipinski definition) is 2. The van der Waals surface area contributed by atoms with Crippen molar-refractivity contribution in [2.75, 3.05) is 18.4 Å². The second kappa shape index (κ2) is 9.21. The van der Waals surface area contributed by atoms with Crippen molar-refractivity contribution in [2.24, 2.45) is 5.92 Å². The first-order chi connectivity index (χ1) is 16.0. The fourth-order valence-corrected chi connectivity index (χ4v) is 4.61. The topological polar surface area (TPSA) is 67.7 Å². The number of anilines is 1. The number of hydrogen-bond acceptors (Lipinski definition) is 5. The molecule has 2 N–H and O–H groups in total. The molecule has 1 saturated heterocycles. The van der Waals surface area contributed by atoms with Crippen LogP contribution in [-0.4, -0.2) is 32.6 Å². The molecule has 1 atom stereocenters. The summed E-state index contributed by atoms with van der Waals surface area (Å²) in [6, 6.07) is 8.81. The quantitative estimate of drug-likeness (QED) is 0.385. The number of nitrogens with one attached hydrogen (secondary N) is 2. The Kier molecular flexibility index (Phi) is 6.14. The van der Waals surface area contributed by atoms with E-state index in [1.54, 1.807) is 24.4 Å². The fourth-order valence-electron chi connectivity index (χ4n) is 4.05. The van der Waals surface area contributed by atoms with Crippen LogP contribution in [0.4, 0.5) is 14.7 Å². The molecule has 0 amide bonds. The van der Waals surface area contributed by atoms with E-state index in [2.05, 4.69) is 20.6 Å². The SMILES string of the molecule is Fc1ccc(CNc2ncc3nc(-c4c(Cl)cccc4Cl)n(CC4CCNC4)c3n2)c(F)c1. The summed E-state index contributed by atoms with van der Waals surface area (Å²) in [5, 5.41) is 7.40. The van der Waals surface area contributed by atoms with Crippen molar-refractivity contribution in [1.82, 2.24) is 24.8 Å². The average molecular weight is 489 g/mol. The maximum atomic E-state index is 14.0. The normalized spacial score (nSPS) is 15.9. The van der Waals surface area contributed by atoms with E-state index in [0.717, 1.165) is 25.6 Å². The number of rotatable bonds is 6. The van der Waals surface area contributed by atoms with Crippen molar-refractivity contribution in [3.8, 4) is 11.4 Å². The maximum Gasteiger partial charge on any atom is 0.225 e. The minimum absolute atomic E-state index is 0.113. The predicted octanol–water partition coefficient (Wildman–Crippen LogP) is 5.30. The van der Waals surface area contributed by atoms with Gasteiger partial charge in [0.25, 0.3) is 0 Å². The molecule has 0 aliphatic carbocycles. The molecule has 6 nitrogen and oxygen atoms in total. The molecule has 1 aliphatic rings. The van der Waals surface area contributed by atoms with E-state index in [4.69, 9.17) is 28.2 Å². The Morgan fingerprint density at radius 3 is 2.67 bits per heavy atom. The van der Waals surface area contributed by atoms with Crippen LogP contribution < -0.4 is 10.6 Å². The first-order valence-electron chi connectivity index (χ1n) is 10.6. The zero-order chi connectivity index (χ0) is 22.9. The van der Waals surface area contributed by atoms with Crippen molar-refractivity contribution < 1.29 is 8.78 Å². The highest BCUT2D eigenvalue weighted by molar-refractivity contribution is 6.39. The van der Waals surface area contributed by atoms with Gasteiger partial charge in [-0.3, -0.25) is 0 Å². The molecule has 1 unspecified atom stereocenters. The van der Waals surface area contributed by atoms with Gasteiger partial charge < -0.3 is 15.2 Å². The van der Waals surface area contributed by atoms with Crippen molar-refractivity contribution in [2.45, 2.75) is 19.5 Å². The minimum atomic E-state index is -0.627. The monoisotopic (exact) mass is 488 g/mol. The lowest BCUT2D eigenvalue weighted by atomic mass is 10.1. The second-order valence-electron chi connectivity index (χ2n) is 7.99. The zero-order valence-electron chi connectivity index (χ0n) is 17.5. The standard InChI is InChI=1S/C23H20Cl2F2N6/c24-16-2-1-3-17(25)20(16)22-31-19-11-30-23(29-10-14-4-5-15(26)8-18(14)27)32-21(19)33(22)12-13-6-7-28-9-13/h1-5,8,11,13,28H,6-7,9-10,12H2,(H,29,30,32). The van der Waals surface area contributed by atoms with Gasteiger partial charge in [0.15, 0.2) is 5.65 Å². The van der Waals surface area contributed by atoms with Crippen LogP contribution in [0.3, 0.4) is 0 Å². The number of benzene rings is 2. The van der Waals surface area contributed by atoms with E-state index in [-0.39, 0.29) is 6.54 Å². The third-order valence-corrected chi connectivity index (χ3v) is 6.36. The molecule has 0 radical (unpaired) electrons. The summed E-state index contributed by atoms with van der Waals surface area (Å²) in [7, 11) is 0. The van der Waals surface area contributed by atoms with Gasteiger partial charge in [-0.05, 0) is 43.6 Å². The highest BCUT2D eigenvalue weighted by Gasteiger charge is 2.23. The predicted molar refractivity (Wildman–Crippen MR) is 125 cm³/mol. The van der Waals surface area contributed by atoms with E-state index in [9.17, 15) is 8.78 Å². The smallest absolute Gasteiger partial charge is 0.225 e. The lowest BCUT2D eigenvalue weighted by molar-refractivity contribution is 0.490. The van der Waals surface area contributed by atoms with Gasteiger partial charge in [-0.2, -0.15) is 4.98 Å². The largest absolute Gasteiger partial charge is 0.350 e. The van der Waals surface area contributed by atoms with Gasteiger partial charge in [-0.25, -0.2) is 18.7 Å². The first-order valence-corrected chi connectivity index (χ1v) is 11.3. The Balaban J connectivity index is 1.54. The zero-order valence-corrected chi connectivity index (χ0v) is 19.0. The molecule has 170 valence electrons. The number of imidazole rings is 1. The van der Waals surface area contributed by atoms with Crippen molar-refractivity contribution in [3.63, 3.8) is 0 Å². The lowest BCUT2D eigenvalue weighted by Crippen LogP contribution is -2.16. The van der Waals surface area contributed by atoms with E-state index in [1.807, 2.05) is 4.57 Å². The second-order valence-corrected chi connectivity index (χ2v) is 8.81. The molecule has 1 aliphatic heterocycles. The Labute approximate surface area is 199 Å². The summed E-state index contributed by atoms with van der Waals surface area (Å²) in [4.78, 5) is 13.7. The summed E-state index contributed by atoms with van der Waals surface area (Å²) in [5.74, 6) is 0.0994. The number of aromatic nitrogens is 4. The van der Waals surface area contributed by atoms with Gasteiger partial charge in [-0.1, -0.05) is 35.3 Å². The summed E-state index contributed by atoms with van der Waals surface area (Å²) < 4.78 is 29.2. The summed E-state index contributed by atoms with van der Waals surface area (Å²) >= 11 is 13.0. The van der Waals surface area contributed by atoms with Crippen LogP contribution in [0.25, 0.3) is 22.6 Å². The van der Waals surface area contributed by atoms with Gasteiger partial charge >= 0.3 is 0 Å². The number of fused-ring (bicyclic) bond motifs is 1. The molecule has 10 heteroatoms. The number of nitrogens with zero attached hydrogens (tertiary/aromatic N) is 4. The van der Waals surface area contributed by atoms with Crippen LogP contribution in [0.1, 0.15) is 12.0 Å². The van der Waals surface area contributed by atoms with Gasteiger partial charge in [-0.15, -0.1) is 0 Å². The molecule has 2 aromatic heterocycles. The molecule has 2 aromatic carbocycles. The molecule has 1 fully saturated rings. The van der Waals surface area contributed by atoms with Crippen LogP contribution in [0.5, 0.6) is 0 Å². The Morgan fingerprint density at radius 1 is 1.12 bits per heavy atom. The van der Waals surface area contributed by atoms with E-state index in [1.165, 1.54) is 12.1 Å². The molecule has 33 heavy (non-hydrogen) atoms. The summed E-state index contributed by atoms with van der Waals surface area (Å²) in [6.45, 7) is 2.66. The van der Waals surface area contributed by atoms with Crippen molar-refractivity contribution >= 4 is 40.3 Å². The first kappa shape index (κ1) is 22.0. The molecule has 5 rings (SSSR count). The molecule has 0 spiro atoms. The molecule has 3 heterocycles. The van der Waals surface area contributed by atoms with E-state index >= 15 is 0 Å². The highest BCUT2D eigenvalue weighted by Crippen LogP contribution is 2.36. The summed E-state index contributed by atoms with van der Waals surface area (Å²) in [5.41, 5.74) is 2.19. The van der Waals surface area contributed by atoms with E-state index in [0.29, 0.717) is 56.6 Å². The van der Waals surface area contributed by atoms with Crippen LogP contribution in [0.15, 0.2) is 42.6 Å². The minimum Gasteiger partial charge on any atom is -0.350 e. The Hall–Kier alpha value is -2.81.